The molecule has 16 heavy (non-hydrogen) atoms. The highest BCUT2D eigenvalue weighted by Crippen LogP contribution is 2.45. The molecular formula is C15H23N. The maximum absolute atomic E-state index is 3.58. The van der Waals surface area contributed by atoms with Crippen LogP contribution in [-0.4, -0.2) is 13.1 Å². The SMILES string of the molecule is CC(C)(C)C1(c2ccccc2)CCCNC1. The zero-order valence-electron chi connectivity index (χ0n) is 10.7. The van der Waals surface area contributed by atoms with Crippen molar-refractivity contribution in [3.63, 3.8) is 0 Å². The van der Waals surface area contributed by atoms with Gasteiger partial charge in [0.25, 0.3) is 0 Å². The summed E-state index contributed by atoms with van der Waals surface area (Å²) in [5, 5.41) is 3.58. The van der Waals surface area contributed by atoms with Crippen LogP contribution in [0, 0.1) is 5.41 Å². The van der Waals surface area contributed by atoms with E-state index >= 15 is 0 Å². The van der Waals surface area contributed by atoms with E-state index in [1.54, 1.807) is 0 Å². The second kappa shape index (κ2) is 4.21. The summed E-state index contributed by atoms with van der Waals surface area (Å²) in [6.45, 7) is 9.39. The van der Waals surface area contributed by atoms with E-state index in [1.165, 1.54) is 24.9 Å². The second-order valence-electron chi connectivity index (χ2n) is 5.98. The molecule has 0 aromatic heterocycles. The summed E-state index contributed by atoms with van der Waals surface area (Å²) in [5.41, 5.74) is 2.10. The fraction of sp³-hybridized carbons (Fsp3) is 0.600. The highest BCUT2D eigenvalue weighted by molar-refractivity contribution is 5.29. The lowest BCUT2D eigenvalue weighted by molar-refractivity contribution is 0.140. The number of benzene rings is 1. The first kappa shape index (κ1) is 11.7. The lowest BCUT2D eigenvalue weighted by atomic mass is 9.59. The van der Waals surface area contributed by atoms with Crippen LogP contribution in [0.25, 0.3) is 0 Å². The summed E-state index contributed by atoms with van der Waals surface area (Å²) < 4.78 is 0. The van der Waals surface area contributed by atoms with E-state index in [0.29, 0.717) is 10.8 Å². The average Bonchev–Trinajstić information content (AvgIpc) is 2.30. The third-order valence-electron chi connectivity index (χ3n) is 4.15. The van der Waals surface area contributed by atoms with E-state index in [-0.39, 0.29) is 0 Å². The molecule has 0 spiro atoms. The number of rotatable bonds is 1. The third-order valence-corrected chi connectivity index (χ3v) is 4.15. The van der Waals surface area contributed by atoms with E-state index in [4.69, 9.17) is 0 Å². The highest BCUT2D eigenvalue weighted by Gasteiger charge is 2.43. The van der Waals surface area contributed by atoms with E-state index in [2.05, 4.69) is 56.4 Å². The molecule has 1 saturated heterocycles. The molecule has 1 aliphatic rings. The average molecular weight is 217 g/mol. The molecule has 1 heteroatoms. The minimum absolute atomic E-state index is 0.298. The van der Waals surface area contributed by atoms with Crippen LogP contribution in [0.1, 0.15) is 39.2 Å². The van der Waals surface area contributed by atoms with Crippen molar-refractivity contribution in [2.75, 3.05) is 13.1 Å². The fourth-order valence-corrected chi connectivity index (χ4v) is 2.98. The molecule has 0 saturated carbocycles. The molecule has 0 radical (unpaired) electrons. The number of piperidine rings is 1. The minimum Gasteiger partial charge on any atom is -0.316 e. The highest BCUT2D eigenvalue weighted by atomic mass is 14.9. The van der Waals surface area contributed by atoms with Gasteiger partial charge in [-0.1, -0.05) is 51.1 Å². The van der Waals surface area contributed by atoms with E-state index in [0.717, 1.165) is 6.54 Å². The van der Waals surface area contributed by atoms with Crippen LogP contribution in [0.2, 0.25) is 0 Å². The van der Waals surface area contributed by atoms with Crippen LogP contribution in [0.5, 0.6) is 0 Å². The van der Waals surface area contributed by atoms with Crippen LogP contribution in [0.3, 0.4) is 0 Å². The van der Waals surface area contributed by atoms with E-state index in [9.17, 15) is 0 Å². The Hall–Kier alpha value is -0.820. The predicted molar refractivity (Wildman–Crippen MR) is 69.7 cm³/mol. The summed E-state index contributed by atoms with van der Waals surface area (Å²) in [6, 6.07) is 11.0. The summed E-state index contributed by atoms with van der Waals surface area (Å²) in [7, 11) is 0. The van der Waals surface area contributed by atoms with Crippen molar-refractivity contribution in [1.29, 1.82) is 0 Å². The largest absolute Gasteiger partial charge is 0.316 e. The molecule has 2 rings (SSSR count). The molecule has 0 aliphatic carbocycles. The van der Waals surface area contributed by atoms with Gasteiger partial charge in [0.15, 0.2) is 0 Å². The van der Waals surface area contributed by atoms with Crippen LogP contribution in [0.15, 0.2) is 30.3 Å². The smallest absolute Gasteiger partial charge is 0.0127 e. The van der Waals surface area contributed by atoms with Gasteiger partial charge in [0.1, 0.15) is 0 Å². The quantitative estimate of drug-likeness (QED) is 0.760. The van der Waals surface area contributed by atoms with Crippen molar-refractivity contribution in [3.05, 3.63) is 35.9 Å². The number of hydrogen-bond acceptors (Lipinski definition) is 1. The lowest BCUT2D eigenvalue weighted by Gasteiger charge is -2.48. The maximum Gasteiger partial charge on any atom is 0.0127 e. The standard InChI is InChI=1S/C15H23N/c1-14(2,3)15(10-7-11-16-12-15)13-8-5-4-6-9-13/h4-6,8-9,16H,7,10-12H2,1-3H3. The molecule has 88 valence electrons. The Balaban J connectivity index is 2.42. The first-order valence-electron chi connectivity index (χ1n) is 6.32. The molecule has 1 nitrogen and oxygen atoms in total. The molecule has 1 N–H and O–H groups in total. The first-order valence-corrected chi connectivity index (χ1v) is 6.32. The molecular weight excluding hydrogens is 194 g/mol. The van der Waals surface area contributed by atoms with Gasteiger partial charge in [0.2, 0.25) is 0 Å². The van der Waals surface area contributed by atoms with Crippen LogP contribution < -0.4 is 5.32 Å². The molecule has 1 unspecified atom stereocenters. The number of hydrogen-bond donors (Lipinski definition) is 1. The minimum atomic E-state index is 0.298. The Labute approximate surface area is 99.3 Å². The van der Waals surface area contributed by atoms with Crippen molar-refractivity contribution in [2.24, 2.45) is 5.41 Å². The first-order chi connectivity index (χ1) is 7.56. The van der Waals surface area contributed by atoms with Gasteiger partial charge < -0.3 is 5.32 Å². The summed E-state index contributed by atoms with van der Waals surface area (Å²) >= 11 is 0. The molecule has 1 heterocycles. The zero-order chi connectivity index (χ0) is 11.6. The topological polar surface area (TPSA) is 12.0 Å². The van der Waals surface area contributed by atoms with Gasteiger partial charge in [-0.2, -0.15) is 0 Å². The second-order valence-corrected chi connectivity index (χ2v) is 5.98. The lowest BCUT2D eigenvalue weighted by Crippen LogP contribution is -2.51. The Morgan fingerprint density at radius 1 is 1.12 bits per heavy atom. The van der Waals surface area contributed by atoms with Crippen molar-refractivity contribution in [3.8, 4) is 0 Å². The van der Waals surface area contributed by atoms with Gasteiger partial charge >= 0.3 is 0 Å². The van der Waals surface area contributed by atoms with Crippen LogP contribution in [-0.2, 0) is 5.41 Å². The normalized spacial score (nSPS) is 26.7. The molecule has 1 atom stereocenters. The Morgan fingerprint density at radius 2 is 1.81 bits per heavy atom. The van der Waals surface area contributed by atoms with Crippen molar-refractivity contribution >= 4 is 0 Å². The molecule has 1 fully saturated rings. The summed E-state index contributed by atoms with van der Waals surface area (Å²) in [4.78, 5) is 0. The molecule has 0 amide bonds. The fourth-order valence-electron chi connectivity index (χ4n) is 2.98. The Kier molecular flexibility index (Phi) is 3.07. The van der Waals surface area contributed by atoms with Gasteiger partial charge in [-0.15, -0.1) is 0 Å². The van der Waals surface area contributed by atoms with Crippen LogP contribution >= 0.6 is 0 Å². The van der Waals surface area contributed by atoms with Crippen molar-refractivity contribution in [2.45, 2.75) is 39.0 Å². The van der Waals surface area contributed by atoms with Gasteiger partial charge in [0.05, 0.1) is 0 Å². The van der Waals surface area contributed by atoms with Gasteiger partial charge in [-0.05, 0) is 30.4 Å². The van der Waals surface area contributed by atoms with Crippen molar-refractivity contribution < 1.29 is 0 Å². The monoisotopic (exact) mass is 217 g/mol. The number of nitrogens with one attached hydrogen (secondary N) is 1. The van der Waals surface area contributed by atoms with Gasteiger partial charge in [-0.25, -0.2) is 0 Å². The Bertz CT molecular complexity index is 328. The van der Waals surface area contributed by atoms with Crippen LogP contribution in [0.4, 0.5) is 0 Å². The predicted octanol–water partition coefficient (Wildman–Crippen LogP) is 3.35. The molecule has 0 bridgehead atoms. The Morgan fingerprint density at radius 3 is 2.31 bits per heavy atom. The third kappa shape index (κ3) is 1.89. The zero-order valence-corrected chi connectivity index (χ0v) is 10.7. The van der Waals surface area contributed by atoms with Gasteiger partial charge in [-0.3, -0.25) is 0 Å². The molecule has 1 aliphatic heterocycles. The molecule has 1 aromatic carbocycles. The van der Waals surface area contributed by atoms with E-state index < -0.39 is 0 Å². The molecule has 1 aromatic rings. The van der Waals surface area contributed by atoms with Gasteiger partial charge in [0, 0.05) is 12.0 Å². The summed E-state index contributed by atoms with van der Waals surface area (Å²) in [5.74, 6) is 0. The summed E-state index contributed by atoms with van der Waals surface area (Å²) in [6.07, 6.45) is 2.58. The van der Waals surface area contributed by atoms with E-state index in [1.807, 2.05) is 0 Å². The van der Waals surface area contributed by atoms with Crippen molar-refractivity contribution in [1.82, 2.24) is 5.32 Å². The maximum atomic E-state index is 3.58.